The summed E-state index contributed by atoms with van der Waals surface area (Å²) in [6.45, 7) is 6.49. The Hall–Kier alpha value is -0.730. The highest BCUT2D eigenvalue weighted by Gasteiger charge is 2.28. The van der Waals surface area contributed by atoms with Crippen LogP contribution in [0.4, 0.5) is 0 Å². The van der Waals surface area contributed by atoms with Gasteiger partial charge in [0.2, 0.25) is 0 Å². The van der Waals surface area contributed by atoms with Crippen LogP contribution in [0.1, 0.15) is 45.1 Å². The molecule has 3 unspecified atom stereocenters. The summed E-state index contributed by atoms with van der Waals surface area (Å²) in [5.41, 5.74) is 0.680. The van der Waals surface area contributed by atoms with Crippen molar-refractivity contribution in [1.82, 2.24) is 0 Å². The van der Waals surface area contributed by atoms with Crippen LogP contribution in [0, 0.1) is 5.92 Å². The number of benzene rings is 1. The molecular formula is C18H28OS. The van der Waals surface area contributed by atoms with Gasteiger partial charge in [-0.3, -0.25) is 0 Å². The van der Waals surface area contributed by atoms with E-state index in [2.05, 4.69) is 51.1 Å². The van der Waals surface area contributed by atoms with Crippen LogP contribution in [0.5, 0.6) is 0 Å². The van der Waals surface area contributed by atoms with Gasteiger partial charge in [-0.05, 0) is 30.1 Å². The van der Waals surface area contributed by atoms with Gasteiger partial charge in [0.15, 0.2) is 0 Å². The van der Waals surface area contributed by atoms with E-state index in [4.69, 9.17) is 0 Å². The zero-order valence-electron chi connectivity index (χ0n) is 13.2. The van der Waals surface area contributed by atoms with Crippen molar-refractivity contribution >= 4 is 11.8 Å². The lowest BCUT2D eigenvalue weighted by molar-refractivity contribution is 0.0573. The molecule has 20 heavy (non-hydrogen) atoms. The maximum Gasteiger partial charge on any atom is 0.0942 e. The third-order valence-corrected chi connectivity index (χ3v) is 4.86. The number of hydrogen-bond donors (Lipinski definition) is 1. The zero-order valence-corrected chi connectivity index (χ0v) is 14.0. The van der Waals surface area contributed by atoms with Crippen molar-refractivity contribution in [1.29, 1.82) is 0 Å². The second-order valence-electron chi connectivity index (χ2n) is 5.68. The van der Waals surface area contributed by atoms with Crippen molar-refractivity contribution in [3.8, 4) is 0 Å². The molecule has 0 amide bonds. The van der Waals surface area contributed by atoms with Crippen molar-refractivity contribution in [3.05, 3.63) is 48.0 Å². The first-order chi connectivity index (χ1) is 9.53. The Balaban J connectivity index is 2.65. The first-order valence-corrected chi connectivity index (χ1v) is 8.86. The molecule has 0 fully saturated rings. The van der Waals surface area contributed by atoms with Crippen LogP contribution in [-0.2, 0) is 0 Å². The molecule has 0 saturated heterocycles. The summed E-state index contributed by atoms with van der Waals surface area (Å²) in [5, 5.41) is 10.8. The molecule has 1 N–H and O–H groups in total. The molecule has 1 rings (SSSR count). The first kappa shape index (κ1) is 17.3. The summed E-state index contributed by atoms with van der Waals surface area (Å²) in [7, 11) is 0. The van der Waals surface area contributed by atoms with Gasteiger partial charge in [0, 0.05) is 5.75 Å². The van der Waals surface area contributed by atoms with Gasteiger partial charge < -0.3 is 5.11 Å². The fraction of sp³-hybridized carbons (Fsp3) is 0.556. The molecular weight excluding hydrogens is 264 g/mol. The Bertz CT molecular complexity index is 401. The maximum atomic E-state index is 10.8. The summed E-state index contributed by atoms with van der Waals surface area (Å²) in [6, 6.07) is 10.5. The molecule has 0 heterocycles. The number of hydrogen-bond acceptors (Lipinski definition) is 2. The van der Waals surface area contributed by atoms with E-state index in [0.717, 1.165) is 18.6 Å². The third-order valence-electron chi connectivity index (χ3n) is 4.11. The highest BCUT2D eigenvalue weighted by Crippen LogP contribution is 2.27. The summed E-state index contributed by atoms with van der Waals surface area (Å²) >= 11 is 1.71. The molecule has 0 aliphatic heterocycles. The molecule has 112 valence electrons. The Labute approximate surface area is 128 Å². The Morgan fingerprint density at radius 2 is 1.90 bits per heavy atom. The predicted octanol–water partition coefficient (Wildman–Crippen LogP) is 4.88. The fourth-order valence-corrected chi connectivity index (χ4v) is 3.18. The summed E-state index contributed by atoms with van der Waals surface area (Å²) in [4.78, 5) is 0. The van der Waals surface area contributed by atoms with Crippen LogP contribution in [0.2, 0.25) is 0 Å². The molecule has 0 aliphatic carbocycles. The van der Waals surface area contributed by atoms with Gasteiger partial charge >= 0.3 is 0 Å². The monoisotopic (exact) mass is 292 g/mol. The van der Waals surface area contributed by atoms with Gasteiger partial charge in [-0.25, -0.2) is 0 Å². The van der Waals surface area contributed by atoms with E-state index in [1.54, 1.807) is 11.8 Å². The second kappa shape index (κ2) is 8.53. The van der Waals surface area contributed by atoms with Crippen molar-refractivity contribution in [3.63, 3.8) is 0 Å². The molecule has 0 radical (unpaired) electrons. The van der Waals surface area contributed by atoms with E-state index < -0.39 is 5.60 Å². The summed E-state index contributed by atoms with van der Waals surface area (Å²) in [5.74, 6) is 1.54. The van der Waals surface area contributed by atoms with Gasteiger partial charge in [0.05, 0.1) is 5.60 Å². The van der Waals surface area contributed by atoms with Crippen molar-refractivity contribution in [2.45, 2.75) is 45.1 Å². The minimum absolute atomic E-state index is 0.290. The largest absolute Gasteiger partial charge is 0.385 e. The maximum absolute atomic E-state index is 10.8. The van der Waals surface area contributed by atoms with Crippen LogP contribution >= 0.6 is 11.8 Å². The van der Waals surface area contributed by atoms with Gasteiger partial charge in [0.25, 0.3) is 0 Å². The number of aliphatic hydroxyl groups is 1. The van der Waals surface area contributed by atoms with Gasteiger partial charge in [-0.2, -0.15) is 11.8 Å². The van der Waals surface area contributed by atoms with E-state index in [1.807, 2.05) is 18.4 Å². The second-order valence-corrected chi connectivity index (χ2v) is 6.55. The lowest BCUT2D eigenvalue weighted by Crippen LogP contribution is -2.36. The molecule has 0 bridgehead atoms. The van der Waals surface area contributed by atoms with Gasteiger partial charge in [-0.1, -0.05) is 69.7 Å². The van der Waals surface area contributed by atoms with Crippen LogP contribution in [0.3, 0.4) is 0 Å². The Morgan fingerprint density at radius 3 is 2.45 bits per heavy atom. The van der Waals surface area contributed by atoms with Crippen molar-refractivity contribution in [2.24, 2.45) is 5.92 Å². The third kappa shape index (κ3) is 4.99. The zero-order chi connectivity index (χ0) is 15.0. The quantitative estimate of drug-likeness (QED) is 0.689. The first-order valence-electron chi connectivity index (χ1n) is 7.47. The molecule has 0 spiro atoms. The van der Waals surface area contributed by atoms with Gasteiger partial charge in [-0.15, -0.1) is 0 Å². The number of allylic oxidation sites excluding steroid dienone is 1. The van der Waals surface area contributed by atoms with E-state index >= 15 is 0 Å². The molecule has 2 heteroatoms. The minimum atomic E-state index is -0.676. The lowest BCUT2D eigenvalue weighted by Gasteiger charge is -2.30. The van der Waals surface area contributed by atoms with E-state index in [0.29, 0.717) is 11.8 Å². The molecule has 0 aromatic heterocycles. The highest BCUT2D eigenvalue weighted by molar-refractivity contribution is 7.98. The number of rotatable bonds is 8. The van der Waals surface area contributed by atoms with Crippen molar-refractivity contribution < 1.29 is 5.11 Å². The lowest BCUT2D eigenvalue weighted by atomic mass is 9.87. The predicted molar refractivity (Wildman–Crippen MR) is 91.4 cm³/mol. The average Bonchev–Trinajstić information content (AvgIpc) is 2.47. The summed E-state index contributed by atoms with van der Waals surface area (Å²) < 4.78 is 0. The standard InChI is InChI=1S/C18H28OS/c1-5-16(3)18(19,14-20-4)13-9-10-15(2)17-11-7-6-8-12-17/h6-9,11-13,15-16,19H,5,10,14H2,1-4H3. The molecule has 0 aliphatic rings. The molecule has 1 aromatic carbocycles. The minimum Gasteiger partial charge on any atom is -0.385 e. The van der Waals surface area contributed by atoms with E-state index in [9.17, 15) is 5.11 Å². The molecule has 1 nitrogen and oxygen atoms in total. The number of thioether (sulfide) groups is 1. The van der Waals surface area contributed by atoms with Crippen molar-refractivity contribution in [2.75, 3.05) is 12.0 Å². The SMILES string of the molecule is CCC(C)C(O)(C=CCC(C)c1ccccc1)CSC. The average molecular weight is 292 g/mol. The van der Waals surface area contributed by atoms with E-state index in [1.165, 1.54) is 5.56 Å². The molecule has 1 aromatic rings. The summed E-state index contributed by atoms with van der Waals surface area (Å²) in [6.07, 6.45) is 8.19. The van der Waals surface area contributed by atoms with Crippen LogP contribution < -0.4 is 0 Å². The van der Waals surface area contributed by atoms with Crippen LogP contribution in [-0.4, -0.2) is 22.7 Å². The highest BCUT2D eigenvalue weighted by atomic mass is 32.2. The fourth-order valence-electron chi connectivity index (χ4n) is 2.33. The van der Waals surface area contributed by atoms with Gasteiger partial charge in [0.1, 0.15) is 0 Å². The van der Waals surface area contributed by atoms with E-state index in [-0.39, 0.29) is 0 Å². The Morgan fingerprint density at radius 1 is 1.25 bits per heavy atom. The smallest absolute Gasteiger partial charge is 0.0942 e. The molecule has 0 saturated carbocycles. The molecule has 3 atom stereocenters. The normalized spacial score (nSPS) is 17.9. The Kier molecular flexibility index (Phi) is 7.39. The van der Waals surface area contributed by atoms with Crippen LogP contribution in [0.25, 0.3) is 0 Å². The van der Waals surface area contributed by atoms with Crippen LogP contribution in [0.15, 0.2) is 42.5 Å². The topological polar surface area (TPSA) is 20.2 Å².